The summed E-state index contributed by atoms with van der Waals surface area (Å²) in [4.78, 5) is 17.0. The maximum atomic E-state index is 9.44. The van der Waals surface area contributed by atoms with Crippen LogP contribution in [0.15, 0.2) is 0 Å². The largest absolute Gasteiger partial charge is 0.463 e. The fourth-order valence-corrected chi connectivity index (χ4v) is 0.0773. The van der Waals surface area contributed by atoms with Crippen molar-refractivity contribution in [3.05, 3.63) is 0 Å². The summed E-state index contributed by atoms with van der Waals surface area (Å²) in [6, 6.07) is 0. The lowest BCUT2D eigenvalue weighted by atomic mass is 11.3. The van der Waals surface area contributed by atoms with Crippen molar-refractivity contribution in [1.29, 1.82) is 0 Å². The molecule has 0 saturated heterocycles. The summed E-state index contributed by atoms with van der Waals surface area (Å²) >= 11 is 0. The van der Waals surface area contributed by atoms with Gasteiger partial charge in [-0.2, -0.15) is 5.48 Å². The molecule has 42 valence electrons. The number of carboxylic acid groups (broad SMARTS) is 1. The van der Waals surface area contributed by atoms with E-state index in [0.717, 1.165) is 0 Å². The SMILES string of the molecule is COONC(=O)O. The minimum Gasteiger partial charge on any atom is -0.463 e. The Morgan fingerprint density at radius 3 is 2.57 bits per heavy atom. The molecule has 0 bridgehead atoms. The van der Waals surface area contributed by atoms with Crippen LogP contribution < -0.4 is 5.48 Å². The summed E-state index contributed by atoms with van der Waals surface area (Å²) in [7, 11) is 1.19. The predicted octanol–water partition coefficient (Wildman–Crippen LogP) is -0.253. The zero-order chi connectivity index (χ0) is 5.70. The molecular formula is C2H5NO4. The van der Waals surface area contributed by atoms with E-state index in [-0.39, 0.29) is 0 Å². The van der Waals surface area contributed by atoms with E-state index in [4.69, 9.17) is 5.11 Å². The second-order valence-corrected chi connectivity index (χ2v) is 0.657. The molecule has 1 amide bonds. The van der Waals surface area contributed by atoms with Crippen molar-refractivity contribution in [2.75, 3.05) is 7.11 Å². The fraction of sp³-hybridized carbons (Fsp3) is 0.500. The minimum atomic E-state index is -1.29. The number of nitrogens with one attached hydrogen (secondary N) is 1. The topological polar surface area (TPSA) is 67.8 Å². The van der Waals surface area contributed by atoms with Crippen molar-refractivity contribution in [3.63, 3.8) is 0 Å². The van der Waals surface area contributed by atoms with Crippen LogP contribution in [-0.2, 0) is 9.88 Å². The van der Waals surface area contributed by atoms with E-state index >= 15 is 0 Å². The molecule has 0 rings (SSSR count). The summed E-state index contributed by atoms with van der Waals surface area (Å²) in [5.74, 6) is 0. The van der Waals surface area contributed by atoms with Crippen LogP contribution in [0.1, 0.15) is 0 Å². The monoisotopic (exact) mass is 107 g/mol. The Morgan fingerprint density at radius 1 is 1.86 bits per heavy atom. The smallest absolute Gasteiger partial charge is 0.431 e. The van der Waals surface area contributed by atoms with Crippen LogP contribution >= 0.6 is 0 Å². The molecule has 5 nitrogen and oxygen atoms in total. The van der Waals surface area contributed by atoms with Gasteiger partial charge in [0.1, 0.15) is 0 Å². The molecule has 0 aliphatic heterocycles. The fourth-order valence-electron chi connectivity index (χ4n) is 0.0773. The van der Waals surface area contributed by atoms with Gasteiger partial charge in [0.05, 0.1) is 7.11 Å². The third kappa shape index (κ3) is 5.19. The van der Waals surface area contributed by atoms with E-state index in [1.807, 2.05) is 0 Å². The third-order valence-corrected chi connectivity index (χ3v) is 0.212. The highest BCUT2D eigenvalue weighted by Crippen LogP contribution is 1.62. The van der Waals surface area contributed by atoms with Crippen LogP contribution in [0.5, 0.6) is 0 Å². The Morgan fingerprint density at radius 2 is 2.43 bits per heavy atom. The lowest BCUT2D eigenvalue weighted by Crippen LogP contribution is -2.20. The van der Waals surface area contributed by atoms with Gasteiger partial charge in [-0.3, -0.25) is 0 Å². The van der Waals surface area contributed by atoms with Crippen molar-refractivity contribution < 1.29 is 19.8 Å². The number of hydrogen-bond donors (Lipinski definition) is 2. The predicted molar refractivity (Wildman–Crippen MR) is 19.3 cm³/mol. The summed E-state index contributed by atoms with van der Waals surface area (Å²) in [6.45, 7) is 0. The summed E-state index contributed by atoms with van der Waals surface area (Å²) in [5, 5.41) is 7.73. The average molecular weight is 107 g/mol. The molecule has 0 saturated carbocycles. The average Bonchev–Trinajstić information content (AvgIpc) is 1.61. The lowest BCUT2D eigenvalue weighted by Gasteiger charge is -1.92. The van der Waals surface area contributed by atoms with Gasteiger partial charge in [-0.1, -0.05) is 0 Å². The van der Waals surface area contributed by atoms with E-state index in [0.29, 0.717) is 0 Å². The quantitative estimate of drug-likeness (QED) is 0.377. The van der Waals surface area contributed by atoms with Crippen molar-refractivity contribution in [1.82, 2.24) is 5.48 Å². The number of rotatable bonds is 2. The van der Waals surface area contributed by atoms with Crippen LogP contribution in [0.2, 0.25) is 0 Å². The molecule has 0 radical (unpaired) electrons. The van der Waals surface area contributed by atoms with Gasteiger partial charge in [-0.15, -0.1) is 4.99 Å². The molecule has 0 spiro atoms. The Hall–Kier alpha value is -0.810. The van der Waals surface area contributed by atoms with Crippen LogP contribution in [0.3, 0.4) is 0 Å². The molecular weight excluding hydrogens is 102 g/mol. The summed E-state index contributed by atoms with van der Waals surface area (Å²) in [5.41, 5.74) is 1.49. The number of hydroxylamine groups is 1. The van der Waals surface area contributed by atoms with Gasteiger partial charge in [0.25, 0.3) is 0 Å². The zero-order valence-corrected chi connectivity index (χ0v) is 3.67. The van der Waals surface area contributed by atoms with Crippen molar-refractivity contribution >= 4 is 6.09 Å². The first kappa shape index (κ1) is 6.19. The van der Waals surface area contributed by atoms with Crippen LogP contribution in [0.4, 0.5) is 4.79 Å². The molecule has 2 N–H and O–H groups in total. The Kier molecular flexibility index (Phi) is 2.99. The molecule has 0 heterocycles. The first-order valence-electron chi connectivity index (χ1n) is 1.46. The Labute approximate surface area is 39.7 Å². The molecule has 0 unspecified atom stereocenters. The van der Waals surface area contributed by atoms with Gasteiger partial charge in [-0.05, 0) is 0 Å². The van der Waals surface area contributed by atoms with Crippen LogP contribution in [-0.4, -0.2) is 18.3 Å². The van der Waals surface area contributed by atoms with E-state index in [2.05, 4.69) is 9.88 Å². The molecule has 0 aromatic rings. The van der Waals surface area contributed by atoms with Crippen LogP contribution in [0.25, 0.3) is 0 Å². The van der Waals surface area contributed by atoms with Crippen molar-refractivity contribution in [2.45, 2.75) is 0 Å². The van der Waals surface area contributed by atoms with Gasteiger partial charge >= 0.3 is 6.09 Å². The first-order chi connectivity index (χ1) is 3.27. The van der Waals surface area contributed by atoms with E-state index in [1.165, 1.54) is 12.6 Å². The van der Waals surface area contributed by atoms with E-state index < -0.39 is 6.09 Å². The van der Waals surface area contributed by atoms with Gasteiger partial charge < -0.3 is 5.11 Å². The lowest BCUT2D eigenvalue weighted by molar-refractivity contribution is -0.306. The highest BCUT2D eigenvalue weighted by Gasteiger charge is 1.88. The molecule has 7 heavy (non-hydrogen) atoms. The highest BCUT2D eigenvalue weighted by molar-refractivity contribution is 5.62. The van der Waals surface area contributed by atoms with E-state index in [9.17, 15) is 4.79 Å². The molecule has 0 fully saturated rings. The minimum absolute atomic E-state index is 1.19. The highest BCUT2D eigenvalue weighted by atomic mass is 17.3. The molecule has 5 heteroatoms. The summed E-state index contributed by atoms with van der Waals surface area (Å²) < 4.78 is 0. The van der Waals surface area contributed by atoms with E-state index in [1.54, 1.807) is 0 Å². The second kappa shape index (κ2) is 3.38. The molecule has 0 atom stereocenters. The van der Waals surface area contributed by atoms with Crippen LogP contribution in [0, 0.1) is 0 Å². The molecule has 0 aliphatic rings. The molecule has 0 aliphatic carbocycles. The Bertz CT molecular complexity index is 62.7. The third-order valence-electron chi connectivity index (χ3n) is 0.212. The number of amides is 1. The Balaban J connectivity index is 2.82. The first-order valence-corrected chi connectivity index (χ1v) is 1.46. The van der Waals surface area contributed by atoms with Gasteiger partial charge in [0.2, 0.25) is 0 Å². The van der Waals surface area contributed by atoms with Gasteiger partial charge in [0, 0.05) is 0 Å². The standard InChI is InChI=1S/C2H5NO4/c1-6-7-3-2(4)5/h3H,1H3,(H,4,5). The molecule has 0 aromatic heterocycles. The maximum absolute atomic E-state index is 9.44. The summed E-state index contributed by atoms with van der Waals surface area (Å²) in [6.07, 6.45) is -1.29. The van der Waals surface area contributed by atoms with Gasteiger partial charge in [0.15, 0.2) is 0 Å². The van der Waals surface area contributed by atoms with Gasteiger partial charge in [-0.25, -0.2) is 9.68 Å². The van der Waals surface area contributed by atoms with Crippen molar-refractivity contribution in [2.24, 2.45) is 0 Å². The zero-order valence-electron chi connectivity index (χ0n) is 3.67. The number of carbonyl (C=O) groups is 1. The number of hydrogen-bond acceptors (Lipinski definition) is 3. The van der Waals surface area contributed by atoms with Crippen molar-refractivity contribution in [3.8, 4) is 0 Å². The molecule has 0 aromatic carbocycles. The normalized spacial score (nSPS) is 8.14. The second-order valence-electron chi connectivity index (χ2n) is 0.657. The maximum Gasteiger partial charge on any atom is 0.431 e.